The predicted molar refractivity (Wildman–Crippen MR) is 78.5 cm³/mol. The summed E-state index contributed by atoms with van der Waals surface area (Å²) in [6.45, 7) is 3.92. The Kier molecular flexibility index (Phi) is 3.63. The molecule has 0 aromatic carbocycles. The lowest BCUT2D eigenvalue weighted by atomic mass is 9.93. The van der Waals surface area contributed by atoms with Crippen molar-refractivity contribution in [1.82, 2.24) is 5.32 Å². The van der Waals surface area contributed by atoms with Gasteiger partial charge in [-0.3, -0.25) is 4.99 Å². The molecule has 0 aliphatic carbocycles. The molecule has 1 aromatic rings. The van der Waals surface area contributed by atoms with Gasteiger partial charge in [0.2, 0.25) is 0 Å². The second kappa shape index (κ2) is 5.23. The van der Waals surface area contributed by atoms with Gasteiger partial charge in [0.05, 0.1) is 11.6 Å². The molecular weight excluding hydrogens is 264 g/mol. The van der Waals surface area contributed by atoms with Crippen LogP contribution in [0, 0.1) is 0 Å². The molecule has 2 aliphatic heterocycles. The van der Waals surface area contributed by atoms with Crippen molar-refractivity contribution < 1.29 is 4.74 Å². The van der Waals surface area contributed by atoms with E-state index in [1.807, 2.05) is 11.8 Å². The molecule has 3 heterocycles. The Labute approximate surface area is 116 Å². The van der Waals surface area contributed by atoms with Crippen LogP contribution in [0.2, 0.25) is 0 Å². The smallest absolute Gasteiger partial charge is 0.157 e. The monoisotopic (exact) mass is 282 g/mol. The lowest BCUT2D eigenvalue weighted by Gasteiger charge is -2.32. The minimum Gasteiger partial charge on any atom is -0.381 e. The molecule has 5 heteroatoms. The third-order valence-electron chi connectivity index (χ3n) is 3.57. The zero-order valence-electron chi connectivity index (χ0n) is 10.5. The van der Waals surface area contributed by atoms with E-state index in [1.165, 1.54) is 4.88 Å². The number of nitrogens with zero attached hydrogens (tertiary/aromatic N) is 1. The molecule has 18 heavy (non-hydrogen) atoms. The summed E-state index contributed by atoms with van der Waals surface area (Å²) >= 11 is 3.64. The quantitative estimate of drug-likeness (QED) is 0.905. The van der Waals surface area contributed by atoms with Gasteiger partial charge in [-0.05, 0) is 31.2 Å². The molecule has 1 unspecified atom stereocenters. The molecular formula is C13H18N2OS2. The van der Waals surface area contributed by atoms with E-state index in [0.717, 1.165) is 37.0 Å². The molecule has 3 rings (SSSR count). The van der Waals surface area contributed by atoms with Crippen LogP contribution >= 0.6 is 23.1 Å². The number of hydrogen-bond donors (Lipinski definition) is 1. The maximum absolute atomic E-state index is 5.44. The molecule has 1 aromatic heterocycles. The predicted octanol–water partition coefficient (Wildman–Crippen LogP) is 3.05. The van der Waals surface area contributed by atoms with Crippen molar-refractivity contribution in [2.45, 2.75) is 31.3 Å². The van der Waals surface area contributed by atoms with Gasteiger partial charge < -0.3 is 10.1 Å². The van der Waals surface area contributed by atoms with E-state index in [4.69, 9.17) is 9.73 Å². The lowest BCUT2D eigenvalue weighted by molar-refractivity contribution is 0.0555. The van der Waals surface area contributed by atoms with E-state index in [1.54, 1.807) is 11.3 Å². The van der Waals surface area contributed by atoms with Crippen LogP contribution in [0.4, 0.5) is 0 Å². The van der Waals surface area contributed by atoms with Crippen LogP contribution in [-0.4, -0.2) is 29.7 Å². The maximum Gasteiger partial charge on any atom is 0.157 e. The molecule has 1 spiro atoms. The molecule has 2 saturated heterocycles. The first-order valence-electron chi connectivity index (χ1n) is 6.37. The number of hydrogen-bond acceptors (Lipinski definition) is 4. The first-order chi connectivity index (χ1) is 8.77. The summed E-state index contributed by atoms with van der Waals surface area (Å²) in [5.41, 5.74) is 0.247. The standard InChI is InChI=1S/C13H18N2OS2/c1-10(11-3-2-8-17-11)14-12-15-13(9-18-12)4-6-16-7-5-13/h2-3,8,10H,4-7,9H2,1H3,(H,14,15). The summed E-state index contributed by atoms with van der Waals surface area (Å²) in [7, 11) is 0. The van der Waals surface area contributed by atoms with Crippen molar-refractivity contribution in [3.63, 3.8) is 0 Å². The normalized spacial score (nSPS) is 26.4. The zero-order valence-corrected chi connectivity index (χ0v) is 12.1. The highest BCUT2D eigenvalue weighted by Gasteiger charge is 2.38. The summed E-state index contributed by atoms with van der Waals surface area (Å²) in [6.07, 6.45) is 2.21. The summed E-state index contributed by atoms with van der Waals surface area (Å²) in [6, 6.07) is 4.50. The number of thiophene rings is 1. The van der Waals surface area contributed by atoms with Crippen molar-refractivity contribution in [1.29, 1.82) is 0 Å². The average Bonchev–Trinajstić information content (AvgIpc) is 3.01. The molecule has 1 N–H and O–H groups in total. The fraction of sp³-hybridized carbons (Fsp3) is 0.615. The third kappa shape index (κ3) is 2.58. The van der Waals surface area contributed by atoms with E-state index >= 15 is 0 Å². The Bertz CT molecular complexity index is 424. The molecule has 0 saturated carbocycles. The zero-order chi connectivity index (χ0) is 12.4. The second-order valence-electron chi connectivity index (χ2n) is 4.93. The molecule has 2 aliphatic rings. The topological polar surface area (TPSA) is 33.6 Å². The lowest BCUT2D eigenvalue weighted by Crippen LogP contribution is -2.48. The van der Waals surface area contributed by atoms with Gasteiger partial charge in [0.1, 0.15) is 0 Å². The second-order valence-corrected chi connectivity index (χ2v) is 6.88. The van der Waals surface area contributed by atoms with Crippen molar-refractivity contribution in [2.75, 3.05) is 19.0 Å². The van der Waals surface area contributed by atoms with Gasteiger partial charge in [-0.2, -0.15) is 0 Å². The maximum atomic E-state index is 5.44. The number of nitrogens with one attached hydrogen (secondary N) is 1. The molecule has 1 atom stereocenters. The van der Waals surface area contributed by atoms with Crippen molar-refractivity contribution >= 4 is 28.3 Å². The Morgan fingerprint density at radius 1 is 1.44 bits per heavy atom. The van der Waals surface area contributed by atoms with Crippen LogP contribution in [-0.2, 0) is 4.74 Å². The van der Waals surface area contributed by atoms with Crippen molar-refractivity contribution in [3.05, 3.63) is 22.4 Å². The SMILES string of the molecule is CC(N=C1NC2(CCOCC2)CS1)c1cccs1. The fourth-order valence-corrected chi connectivity index (χ4v) is 4.39. The Morgan fingerprint density at radius 3 is 3.00 bits per heavy atom. The van der Waals surface area contributed by atoms with Gasteiger partial charge in [0.25, 0.3) is 0 Å². The first-order valence-corrected chi connectivity index (χ1v) is 8.24. The van der Waals surface area contributed by atoms with E-state index in [9.17, 15) is 0 Å². The molecule has 0 radical (unpaired) electrons. The van der Waals surface area contributed by atoms with Crippen LogP contribution in [0.5, 0.6) is 0 Å². The van der Waals surface area contributed by atoms with Crippen LogP contribution in [0.15, 0.2) is 22.5 Å². The average molecular weight is 282 g/mol. The van der Waals surface area contributed by atoms with Gasteiger partial charge in [-0.1, -0.05) is 17.8 Å². The fourth-order valence-electron chi connectivity index (χ4n) is 2.38. The number of thioether (sulfide) groups is 1. The third-order valence-corrected chi connectivity index (χ3v) is 5.79. The number of ether oxygens (including phenoxy) is 1. The van der Waals surface area contributed by atoms with E-state index < -0.39 is 0 Å². The highest BCUT2D eigenvalue weighted by molar-refractivity contribution is 8.14. The highest BCUT2D eigenvalue weighted by atomic mass is 32.2. The van der Waals surface area contributed by atoms with Crippen LogP contribution in [0.25, 0.3) is 0 Å². The minimum absolute atomic E-state index is 0.247. The van der Waals surface area contributed by atoms with E-state index in [-0.39, 0.29) is 11.6 Å². The van der Waals surface area contributed by atoms with Gasteiger partial charge in [0, 0.05) is 23.8 Å². The van der Waals surface area contributed by atoms with Crippen LogP contribution < -0.4 is 5.32 Å². The summed E-state index contributed by atoms with van der Waals surface area (Å²) in [4.78, 5) is 6.14. The summed E-state index contributed by atoms with van der Waals surface area (Å²) in [5.74, 6) is 1.13. The molecule has 2 fully saturated rings. The van der Waals surface area contributed by atoms with Crippen molar-refractivity contribution in [2.24, 2.45) is 4.99 Å². The van der Waals surface area contributed by atoms with Gasteiger partial charge in [0.15, 0.2) is 5.17 Å². The first kappa shape index (κ1) is 12.5. The number of aliphatic imine (C=N–C) groups is 1. The summed E-state index contributed by atoms with van der Waals surface area (Å²) < 4.78 is 5.44. The van der Waals surface area contributed by atoms with E-state index in [2.05, 4.69) is 29.8 Å². The summed E-state index contributed by atoms with van der Waals surface area (Å²) in [5, 5.41) is 6.86. The van der Waals surface area contributed by atoms with Gasteiger partial charge >= 0.3 is 0 Å². The Balaban J connectivity index is 1.67. The highest BCUT2D eigenvalue weighted by Crippen LogP contribution is 2.33. The largest absolute Gasteiger partial charge is 0.381 e. The van der Waals surface area contributed by atoms with Gasteiger partial charge in [-0.15, -0.1) is 11.3 Å². The van der Waals surface area contributed by atoms with Crippen LogP contribution in [0.3, 0.4) is 0 Å². The Morgan fingerprint density at radius 2 is 2.28 bits per heavy atom. The minimum atomic E-state index is 0.247. The Hall–Kier alpha value is -0.520. The van der Waals surface area contributed by atoms with Crippen molar-refractivity contribution in [3.8, 4) is 0 Å². The van der Waals surface area contributed by atoms with Crippen LogP contribution in [0.1, 0.15) is 30.7 Å². The molecule has 3 nitrogen and oxygen atoms in total. The molecule has 98 valence electrons. The molecule has 0 amide bonds. The number of amidine groups is 1. The molecule has 0 bridgehead atoms. The van der Waals surface area contributed by atoms with E-state index in [0.29, 0.717) is 0 Å². The van der Waals surface area contributed by atoms with Gasteiger partial charge in [-0.25, -0.2) is 0 Å². The number of rotatable bonds is 2.